The normalized spacial score (nSPS) is 13.9. The maximum atomic E-state index is 12.8. The first-order valence-electron chi connectivity index (χ1n) is 9.32. The summed E-state index contributed by atoms with van der Waals surface area (Å²) in [5.41, 5.74) is 3.46. The number of nitrogens with zero attached hydrogens (tertiary/aromatic N) is 1. The average Bonchev–Trinajstić information content (AvgIpc) is 2.96. The van der Waals surface area contributed by atoms with E-state index < -0.39 is 0 Å². The van der Waals surface area contributed by atoms with Gasteiger partial charge in [0.15, 0.2) is 0 Å². The predicted octanol–water partition coefficient (Wildman–Crippen LogP) is 4.95. The summed E-state index contributed by atoms with van der Waals surface area (Å²) < 4.78 is 0. The van der Waals surface area contributed by atoms with Crippen molar-refractivity contribution in [1.82, 2.24) is 0 Å². The van der Waals surface area contributed by atoms with E-state index in [1.165, 1.54) is 5.56 Å². The Morgan fingerprint density at radius 2 is 1.74 bits per heavy atom. The monoisotopic (exact) mass is 358 g/mol. The first-order chi connectivity index (χ1) is 13.1. The zero-order valence-corrected chi connectivity index (χ0v) is 15.5. The fraction of sp³-hybridized carbons (Fsp3) is 0.217. The Kier molecular flexibility index (Phi) is 4.40. The third kappa shape index (κ3) is 3.08. The third-order valence-corrected chi connectivity index (χ3v) is 5.33. The molecular formula is C23H22N2O2. The number of anilines is 2. The van der Waals surface area contributed by atoms with Crippen molar-refractivity contribution in [3.05, 3.63) is 71.8 Å². The van der Waals surface area contributed by atoms with Gasteiger partial charge >= 0.3 is 0 Å². The molecule has 0 spiro atoms. The standard InChI is InChI=1S/C23H22N2O2/c1-3-15(2)16-10-12-18(13-11-16)24-21(26)14-25-20-9-5-7-17-6-4-8-19(22(17)20)23(25)27/h4-13,15H,3,14H2,1-2H3,(H,24,26)/t15-/m1/s1. The molecule has 1 aliphatic heterocycles. The number of nitrogens with one attached hydrogen (secondary N) is 1. The van der Waals surface area contributed by atoms with Crippen LogP contribution in [0.1, 0.15) is 42.1 Å². The lowest BCUT2D eigenvalue weighted by atomic mass is 9.99. The van der Waals surface area contributed by atoms with Crippen molar-refractivity contribution in [1.29, 1.82) is 0 Å². The van der Waals surface area contributed by atoms with Crippen molar-refractivity contribution in [2.75, 3.05) is 16.8 Å². The minimum absolute atomic E-state index is 0.000257. The first kappa shape index (κ1) is 17.3. The number of amides is 2. The lowest BCUT2D eigenvalue weighted by molar-refractivity contribution is -0.114. The minimum Gasteiger partial charge on any atom is -0.325 e. The molecule has 27 heavy (non-hydrogen) atoms. The zero-order chi connectivity index (χ0) is 19.0. The number of hydrogen-bond donors (Lipinski definition) is 1. The van der Waals surface area contributed by atoms with Crippen molar-refractivity contribution in [2.24, 2.45) is 0 Å². The highest BCUT2D eigenvalue weighted by atomic mass is 16.2. The van der Waals surface area contributed by atoms with Crippen molar-refractivity contribution in [3.63, 3.8) is 0 Å². The predicted molar refractivity (Wildman–Crippen MR) is 109 cm³/mol. The minimum atomic E-state index is -0.204. The Hall–Kier alpha value is -3.14. The van der Waals surface area contributed by atoms with E-state index in [4.69, 9.17) is 0 Å². The van der Waals surface area contributed by atoms with Gasteiger partial charge in [-0.15, -0.1) is 0 Å². The summed E-state index contributed by atoms with van der Waals surface area (Å²) in [4.78, 5) is 26.9. The highest BCUT2D eigenvalue weighted by Gasteiger charge is 2.30. The number of benzene rings is 3. The van der Waals surface area contributed by atoms with Crippen LogP contribution in [0.2, 0.25) is 0 Å². The Balaban J connectivity index is 1.51. The molecule has 3 aromatic rings. The molecule has 3 aromatic carbocycles. The molecule has 0 bridgehead atoms. The molecule has 0 saturated heterocycles. The number of carbonyl (C=O) groups is 2. The van der Waals surface area contributed by atoms with E-state index in [0.717, 1.165) is 28.6 Å². The maximum absolute atomic E-state index is 12.8. The molecule has 1 N–H and O–H groups in total. The molecule has 1 atom stereocenters. The van der Waals surface area contributed by atoms with Crippen LogP contribution < -0.4 is 10.2 Å². The van der Waals surface area contributed by atoms with E-state index in [9.17, 15) is 9.59 Å². The largest absolute Gasteiger partial charge is 0.325 e. The molecule has 0 saturated carbocycles. The molecule has 1 heterocycles. The lowest BCUT2D eigenvalue weighted by Gasteiger charge is -2.17. The van der Waals surface area contributed by atoms with Crippen LogP contribution in [0.4, 0.5) is 11.4 Å². The fourth-order valence-electron chi connectivity index (χ4n) is 3.61. The number of rotatable bonds is 5. The summed E-state index contributed by atoms with van der Waals surface area (Å²) in [6.45, 7) is 4.34. The molecule has 0 fully saturated rings. The SMILES string of the molecule is CC[C@@H](C)c1ccc(NC(=O)CN2C(=O)c3cccc4cccc2c34)cc1. The van der Waals surface area contributed by atoms with Crippen LogP contribution in [0.15, 0.2) is 60.7 Å². The number of carbonyl (C=O) groups excluding carboxylic acids is 2. The molecule has 0 aliphatic carbocycles. The lowest BCUT2D eigenvalue weighted by Crippen LogP contribution is -2.35. The van der Waals surface area contributed by atoms with Gasteiger partial charge in [0.25, 0.3) is 5.91 Å². The van der Waals surface area contributed by atoms with Crippen LogP contribution >= 0.6 is 0 Å². The highest BCUT2D eigenvalue weighted by molar-refractivity contribution is 6.26. The maximum Gasteiger partial charge on any atom is 0.259 e. The second-order valence-electron chi connectivity index (χ2n) is 7.05. The molecule has 0 unspecified atom stereocenters. The quantitative estimate of drug-likeness (QED) is 0.701. The Morgan fingerprint density at radius 1 is 1.04 bits per heavy atom. The van der Waals surface area contributed by atoms with E-state index >= 15 is 0 Å². The summed E-state index contributed by atoms with van der Waals surface area (Å²) in [5, 5.41) is 4.84. The van der Waals surface area contributed by atoms with Crippen LogP contribution in [0.3, 0.4) is 0 Å². The van der Waals surface area contributed by atoms with Crippen molar-refractivity contribution >= 4 is 34.0 Å². The molecule has 136 valence electrons. The van der Waals surface area contributed by atoms with E-state index in [1.54, 1.807) is 4.90 Å². The van der Waals surface area contributed by atoms with E-state index in [1.807, 2.05) is 60.7 Å². The van der Waals surface area contributed by atoms with Gasteiger partial charge < -0.3 is 5.32 Å². The van der Waals surface area contributed by atoms with Gasteiger partial charge in [-0.2, -0.15) is 0 Å². The summed E-state index contributed by atoms with van der Waals surface area (Å²) in [5.74, 6) is 0.171. The van der Waals surface area contributed by atoms with Crippen LogP contribution in [0.25, 0.3) is 10.8 Å². The van der Waals surface area contributed by atoms with Gasteiger partial charge in [0.05, 0.1) is 5.69 Å². The van der Waals surface area contributed by atoms with Gasteiger partial charge in [0.1, 0.15) is 6.54 Å². The van der Waals surface area contributed by atoms with Crippen LogP contribution in [-0.2, 0) is 4.79 Å². The highest BCUT2D eigenvalue weighted by Crippen LogP contribution is 2.36. The summed E-state index contributed by atoms with van der Waals surface area (Å²) >= 11 is 0. The molecular weight excluding hydrogens is 336 g/mol. The second-order valence-corrected chi connectivity index (χ2v) is 7.05. The molecule has 0 radical (unpaired) electrons. The molecule has 4 heteroatoms. The average molecular weight is 358 g/mol. The first-order valence-corrected chi connectivity index (χ1v) is 9.32. The van der Waals surface area contributed by atoms with Gasteiger partial charge in [-0.25, -0.2) is 0 Å². The van der Waals surface area contributed by atoms with Gasteiger partial charge in [0, 0.05) is 16.6 Å². The third-order valence-electron chi connectivity index (χ3n) is 5.33. The molecule has 4 nitrogen and oxygen atoms in total. The molecule has 4 rings (SSSR count). The van der Waals surface area contributed by atoms with Crippen LogP contribution in [0, 0.1) is 0 Å². The Bertz CT molecular complexity index is 1020. The van der Waals surface area contributed by atoms with Crippen molar-refractivity contribution in [3.8, 4) is 0 Å². The molecule has 2 amide bonds. The van der Waals surface area contributed by atoms with Gasteiger partial charge in [-0.1, -0.05) is 50.2 Å². The van der Waals surface area contributed by atoms with Crippen LogP contribution in [-0.4, -0.2) is 18.4 Å². The summed E-state index contributed by atoms with van der Waals surface area (Å²) in [6.07, 6.45) is 1.08. The van der Waals surface area contributed by atoms with Gasteiger partial charge in [-0.05, 0) is 47.6 Å². The Labute approximate surface area is 158 Å². The van der Waals surface area contributed by atoms with E-state index in [-0.39, 0.29) is 18.4 Å². The smallest absolute Gasteiger partial charge is 0.259 e. The summed E-state index contributed by atoms with van der Waals surface area (Å²) in [6, 6.07) is 19.4. The summed E-state index contributed by atoms with van der Waals surface area (Å²) in [7, 11) is 0. The molecule has 0 aromatic heterocycles. The van der Waals surface area contributed by atoms with E-state index in [2.05, 4.69) is 19.2 Å². The van der Waals surface area contributed by atoms with E-state index in [0.29, 0.717) is 11.5 Å². The van der Waals surface area contributed by atoms with Gasteiger partial charge in [-0.3, -0.25) is 14.5 Å². The number of hydrogen-bond acceptors (Lipinski definition) is 2. The van der Waals surface area contributed by atoms with Crippen molar-refractivity contribution < 1.29 is 9.59 Å². The topological polar surface area (TPSA) is 49.4 Å². The fourth-order valence-corrected chi connectivity index (χ4v) is 3.61. The van der Waals surface area contributed by atoms with Gasteiger partial charge in [0.2, 0.25) is 5.91 Å². The zero-order valence-electron chi connectivity index (χ0n) is 15.5. The van der Waals surface area contributed by atoms with Crippen LogP contribution in [0.5, 0.6) is 0 Å². The van der Waals surface area contributed by atoms with Crippen molar-refractivity contribution in [2.45, 2.75) is 26.2 Å². The molecule has 1 aliphatic rings. The second kappa shape index (κ2) is 6.88. The Morgan fingerprint density at radius 3 is 2.44 bits per heavy atom.